The van der Waals surface area contributed by atoms with E-state index in [1.54, 1.807) is 6.20 Å². The molecule has 2 rings (SSSR count). The summed E-state index contributed by atoms with van der Waals surface area (Å²) < 4.78 is 35.9. The van der Waals surface area contributed by atoms with Crippen LogP contribution in [0.25, 0.3) is 10.9 Å². The molecule has 0 unspecified atom stereocenters. The number of aromatic nitrogens is 1. The molecule has 0 spiro atoms. The molecule has 0 aliphatic rings. The van der Waals surface area contributed by atoms with Crippen LogP contribution in [0.3, 0.4) is 0 Å². The van der Waals surface area contributed by atoms with E-state index >= 15 is 0 Å². The summed E-state index contributed by atoms with van der Waals surface area (Å²) in [5.41, 5.74) is 2.01. The molecule has 1 aromatic heterocycles. The normalized spacial score (nSPS) is 11.9. The van der Waals surface area contributed by atoms with E-state index in [2.05, 4.69) is 10.3 Å². The Labute approximate surface area is 116 Å². The van der Waals surface area contributed by atoms with E-state index in [1.165, 1.54) is 0 Å². The van der Waals surface area contributed by atoms with E-state index in [4.69, 9.17) is 0 Å². The molecule has 1 heterocycles. The summed E-state index contributed by atoms with van der Waals surface area (Å²) in [4.78, 5) is 4.34. The van der Waals surface area contributed by atoms with Crippen molar-refractivity contribution in [2.24, 2.45) is 0 Å². The van der Waals surface area contributed by atoms with Gasteiger partial charge >= 0.3 is 6.18 Å². The Morgan fingerprint density at radius 1 is 1.05 bits per heavy atom. The molecule has 0 radical (unpaired) electrons. The zero-order chi connectivity index (χ0) is 14.4. The Morgan fingerprint density at radius 2 is 1.85 bits per heavy atom. The van der Waals surface area contributed by atoms with Crippen LogP contribution in [0.15, 0.2) is 36.5 Å². The highest BCUT2D eigenvalue weighted by Gasteiger charge is 2.25. The molecule has 0 amide bonds. The van der Waals surface area contributed by atoms with Crippen molar-refractivity contribution in [3.63, 3.8) is 0 Å². The maximum absolute atomic E-state index is 12.0. The molecule has 1 aromatic carbocycles. The first-order valence-corrected chi connectivity index (χ1v) is 6.66. The monoisotopic (exact) mass is 282 g/mol. The van der Waals surface area contributed by atoms with Gasteiger partial charge in [0.2, 0.25) is 0 Å². The number of para-hydroxylation sites is 1. The number of rotatable bonds is 6. The van der Waals surface area contributed by atoms with Crippen LogP contribution in [-0.2, 0) is 6.54 Å². The van der Waals surface area contributed by atoms with E-state index in [0.29, 0.717) is 19.5 Å². The lowest BCUT2D eigenvalue weighted by molar-refractivity contribution is -0.135. The molecule has 0 bridgehead atoms. The van der Waals surface area contributed by atoms with Crippen LogP contribution in [0.4, 0.5) is 13.2 Å². The van der Waals surface area contributed by atoms with Gasteiger partial charge in [0.15, 0.2) is 0 Å². The lowest BCUT2D eigenvalue weighted by Crippen LogP contribution is -2.16. The number of pyridine rings is 1. The average Bonchev–Trinajstić information content (AvgIpc) is 2.41. The standard InChI is InChI=1S/C15H17F3N2/c16-15(17,18)8-1-2-9-19-11-13-6-3-5-12-7-4-10-20-14(12)13/h3-7,10,19H,1-2,8-9,11H2. The smallest absolute Gasteiger partial charge is 0.313 e. The van der Waals surface area contributed by atoms with Crippen molar-refractivity contribution in [2.75, 3.05) is 6.54 Å². The van der Waals surface area contributed by atoms with Crippen molar-refractivity contribution in [3.8, 4) is 0 Å². The molecular formula is C15H17F3N2. The number of benzene rings is 1. The van der Waals surface area contributed by atoms with Crippen molar-refractivity contribution in [1.82, 2.24) is 10.3 Å². The summed E-state index contributed by atoms with van der Waals surface area (Å²) in [6.45, 7) is 1.21. The van der Waals surface area contributed by atoms with Gasteiger partial charge in [0.1, 0.15) is 0 Å². The van der Waals surface area contributed by atoms with Crippen molar-refractivity contribution in [1.29, 1.82) is 0 Å². The molecule has 5 heteroatoms. The first-order valence-electron chi connectivity index (χ1n) is 6.66. The van der Waals surface area contributed by atoms with Gasteiger partial charge in [-0.2, -0.15) is 13.2 Å². The molecule has 108 valence electrons. The molecular weight excluding hydrogens is 265 g/mol. The Balaban J connectivity index is 1.79. The second-order valence-corrected chi connectivity index (χ2v) is 4.74. The summed E-state index contributed by atoms with van der Waals surface area (Å²) in [6.07, 6.45) is -2.30. The first-order chi connectivity index (χ1) is 9.56. The molecule has 2 nitrogen and oxygen atoms in total. The number of fused-ring (bicyclic) bond motifs is 1. The largest absolute Gasteiger partial charge is 0.389 e. The van der Waals surface area contributed by atoms with Crippen LogP contribution in [0.2, 0.25) is 0 Å². The third-order valence-corrected chi connectivity index (χ3v) is 3.10. The Kier molecular flexibility index (Phi) is 4.95. The predicted octanol–water partition coefficient (Wildman–Crippen LogP) is 4.06. The molecule has 1 N–H and O–H groups in total. The molecule has 0 fully saturated rings. The van der Waals surface area contributed by atoms with Gasteiger partial charge in [-0.1, -0.05) is 24.3 Å². The molecule has 0 aliphatic carbocycles. The summed E-state index contributed by atoms with van der Waals surface area (Å²) in [5.74, 6) is 0. The van der Waals surface area contributed by atoms with E-state index in [0.717, 1.165) is 16.5 Å². The number of nitrogens with one attached hydrogen (secondary N) is 1. The van der Waals surface area contributed by atoms with Crippen molar-refractivity contribution >= 4 is 10.9 Å². The zero-order valence-electron chi connectivity index (χ0n) is 11.1. The van der Waals surface area contributed by atoms with Crippen LogP contribution in [0, 0.1) is 0 Å². The van der Waals surface area contributed by atoms with Gasteiger partial charge in [-0.25, -0.2) is 0 Å². The number of alkyl halides is 3. The van der Waals surface area contributed by atoms with E-state index in [-0.39, 0.29) is 6.42 Å². The maximum Gasteiger partial charge on any atom is 0.389 e. The summed E-state index contributed by atoms with van der Waals surface area (Å²) in [6, 6.07) is 9.82. The fourth-order valence-corrected chi connectivity index (χ4v) is 2.11. The lowest BCUT2D eigenvalue weighted by Gasteiger charge is -2.08. The van der Waals surface area contributed by atoms with Gasteiger partial charge in [-0.15, -0.1) is 0 Å². The topological polar surface area (TPSA) is 24.9 Å². The van der Waals surface area contributed by atoms with Gasteiger partial charge in [-0.3, -0.25) is 4.98 Å². The van der Waals surface area contributed by atoms with E-state index in [9.17, 15) is 13.2 Å². The third kappa shape index (κ3) is 4.49. The minimum Gasteiger partial charge on any atom is -0.313 e. The van der Waals surface area contributed by atoms with Crippen LogP contribution in [-0.4, -0.2) is 17.7 Å². The summed E-state index contributed by atoms with van der Waals surface area (Å²) in [5, 5.41) is 4.25. The third-order valence-electron chi connectivity index (χ3n) is 3.10. The SMILES string of the molecule is FC(F)(F)CCCCNCc1cccc2cccnc12. The molecule has 0 saturated heterocycles. The first kappa shape index (κ1) is 14.8. The highest BCUT2D eigenvalue weighted by Crippen LogP contribution is 2.22. The fourth-order valence-electron chi connectivity index (χ4n) is 2.11. The molecule has 20 heavy (non-hydrogen) atoms. The second kappa shape index (κ2) is 6.70. The van der Waals surface area contributed by atoms with E-state index in [1.807, 2.05) is 30.3 Å². The Morgan fingerprint density at radius 3 is 2.65 bits per heavy atom. The Hall–Kier alpha value is -1.62. The number of halogens is 3. The second-order valence-electron chi connectivity index (χ2n) is 4.74. The number of hydrogen-bond donors (Lipinski definition) is 1. The van der Waals surface area contributed by atoms with Crippen LogP contribution in [0.1, 0.15) is 24.8 Å². The predicted molar refractivity (Wildman–Crippen MR) is 73.4 cm³/mol. The summed E-state index contributed by atoms with van der Waals surface area (Å²) >= 11 is 0. The quantitative estimate of drug-likeness (QED) is 0.808. The number of nitrogens with zero attached hydrogens (tertiary/aromatic N) is 1. The summed E-state index contributed by atoms with van der Waals surface area (Å²) in [7, 11) is 0. The number of hydrogen-bond acceptors (Lipinski definition) is 2. The molecule has 0 saturated carbocycles. The highest BCUT2D eigenvalue weighted by molar-refractivity contribution is 5.81. The molecule has 0 atom stereocenters. The van der Waals surface area contributed by atoms with Crippen LogP contribution < -0.4 is 5.32 Å². The van der Waals surface area contributed by atoms with Crippen molar-refractivity contribution < 1.29 is 13.2 Å². The van der Waals surface area contributed by atoms with Gasteiger partial charge in [-0.05, 0) is 31.0 Å². The minimum atomic E-state index is -4.04. The zero-order valence-corrected chi connectivity index (χ0v) is 11.1. The highest BCUT2D eigenvalue weighted by atomic mass is 19.4. The Bertz CT molecular complexity index is 547. The number of unbranched alkanes of at least 4 members (excludes halogenated alkanes) is 1. The molecule has 0 aliphatic heterocycles. The van der Waals surface area contributed by atoms with Gasteiger partial charge < -0.3 is 5.32 Å². The lowest BCUT2D eigenvalue weighted by atomic mass is 10.1. The van der Waals surface area contributed by atoms with Gasteiger partial charge in [0.25, 0.3) is 0 Å². The van der Waals surface area contributed by atoms with Gasteiger partial charge in [0.05, 0.1) is 5.52 Å². The van der Waals surface area contributed by atoms with Crippen LogP contribution in [0.5, 0.6) is 0 Å². The van der Waals surface area contributed by atoms with E-state index < -0.39 is 12.6 Å². The van der Waals surface area contributed by atoms with Gasteiger partial charge in [0, 0.05) is 24.5 Å². The molecule has 2 aromatic rings. The fraction of sp³-hybridized carbons (Fsp3) is 0.400. The minimum absolute atomic E-state index is 0.171. The average molecular weight is 282 g/mol. The van der Waals surface area contributed by atoms with Crippen LogP contribution >= 0.6 is 0 Å². The van der Waals surface area contributed by atoms with Crippen molar-refractivity contribution in [2.45, 2.75) is 32.0 Å². The van der Waals surface area contributed by atoms with Crippen molar-refractivity contribution in [3.05, 3.63) is 42.1 Å². The maximum atomic E-state index is 12.0.